The van der Waals surface area contributed by atoms with Gasteiger partial charge in [0.05, 0.1) is 6.04 Å². The Kier molecular flexibility index (Phi) is 5.82. The summed E-state index contributed by atoms with van der Waals surface area (Å²) in [5, 5.41) is 6.53. The third-order valence-corrected chi connectivity index (χ3v) is 6.31. The van der Waals surface area contributed by atoms with E-state index >= 15 is 0 Å². The number of nitrogens with zero attached hydrogens (tertiary/aromatic N) is 1. The Morgan fingerprint density at radius 2 is 1.63 bits per heavy atom. The van der Waals surface area contributed by atoms with E-state index in [0.29, 0.717) is 17.8 Å². The minimum absolute atomic E-state index is 0.311. The molecule has 1 saturated heterocycles. The van der Waals surface area contributed by atoms with Crippen LogP contribution >= 0.6 is 0 Å². The fraction of sp³-hybridized carbons (Fsp3) is 0.179. The molecule has 176 valence electrons. The molecule has 0 bridgehead atoms. The minimum Gasteiger partial charge on any atom is -0.458 e. The van der Waals surface area contributed by atoms with Crippen LogP contribution in [0, 0.1) is 0 Å². The van der Waals surface area contributed by atoms with Gasteiger partial charge in [0.2, 0.25) is 5.91 Å². The summed E-state index contributed by atoms with van der Waals surface area (Å²) in [6.07, 6.45) is 0.577. The van der Waals surface area contributed by atoms with E-state index in [4.69, 9.17) is 4.42 Å². The maximum Gasteiger partial charge on any atom is 0.325 e. The Bertz CT molecular complexity index is 1350. The van der Waals surface area contributed by atoms with Crippen molar-refractivity contribution in [2.75, 3.05) is 6.54 Å². The van der Waals surface area contributed by atoms with Crippen molar-refractivity contribution in [3.8, 4) is 0 Å². The van der Waals surface area contributed by atoms with Crippen molar-refractivity contribution in [2.24, 2.45) is 0 Å². The molecule has 5 rings (SSSR count). The van der Waals surface area contributed by atoms with Crippen molar-refractivity contribution in [2.45, 2.75) is 24.9 Å². The largest absolute Gasteiger partial charge is 0.458 e. The molecule has 4 amide bonds. The van der Waals surface area contributed by atoms with Gasteiger partial charge in [-0.1, -0.05) is 78.9 Å². The molecule has 7 nitrogen and oxygen atoms in total. The molecule has 1 fully saturated rings. The van der Waals surface area contributed by atoms with E-state index in [2.05, 4.69) is 10.6 Å². The molecule has 0 aliphatic carbocycles. The average Bonchev–Trinajstić information content (AvgIpc) is 3.41. The van der Waals surface area contributed by atoms with Crippen LogP contribution in [0.3, 0.4) is 0 Å². The Morgan fingerprint density at radius 1 is 0.971 bits per heavy atom. The zero-order valence-electron chi connectivity index (χ0n) is 19.2. The topological polar surface area (TPSA) is 91.7 Å². The van der Waals surface area contributed by atoms with Gasteiger partial charge in [-0.3, -0.25) is 14.5 Å². The minimum atomic E-state index is -1.39. The number of carbonyl (C=O) groups excluding carboxylic acids is 3. The molecule has 3 aromatic carbocycles. The van der Waals surface area contributed by atoms with Crippen molar-refractivity contribution in [3.63, 3.8) is 0 Å². The van der Waals surface area contributed by atoms with E-state index in [1.165, 1.54) is 0 Å². The molecule has 0 saturated carbocycles. The monoisotopic (exact) mass is 467 g/mol. The van der Waals surface area contributed by atoms with E-state index in [1.807, 2.05) is 78.9 Å². The predicted octanol–water partition coefficient (Wildman–Crippen LogP) is 4.30. The van der Waals surface area contributed by atoms with E-state index in [0.717, 1.165) is 21.4 Å². The first-order valence-electron chi connectivity index (χ1n) is 11.5. The van der Waals surface area contributed by atoms with Gasteiger partial charge in [0.25, 0.3) is 5.91 Å². The van der Waals surface area contributed by atoms with Gasteiger partial charge in [-0.05, 0) is 36.6 Å². The summed E-state index contributed by atoms with van der Waals surface area (Å²) < 4.78 is 5.85. The highest BCUT2D eigenvalue weighted by Crippen LogP contribution is 2.33. The van der Waals surface area contributed by atoms with Crippen LogP contribution < -0.4 is 10.6 Å². The van der Waals surface area contributed by atoms with E-state index < -0.39 is 29.9 Å². The van der Waals surface area contributed by atoms with Gasteiger partial charge in [-0.2, -0.15) is 0 Å². The van der Waals surface area contributed by atoms with Crippen LogP contribution in [-0.4, -0.2) is 29.3 Å². The smallest absolute Gasteiger partial charge is 0.325 e. The summed E-state index contributed by atoms with van der Waals surface area (Å²) in [5.41, 5.74) is 1.23. The highest BCUT2D eigenvalue weighted by Gasteiger charge is 2.51. The summed E-state index contributed by atoms with van der Waals surface area (Å²) in [5.74, 6) is -0.630. The standard InChI is InChI=1S/C28H25N3O4/c1-28(24-17-21-14-8-9-15-23(21)35-24)26(33)31(27(34)30-28)18-25(32)29-22(20-12-6-3-7-13-20)16-19-10-4-2-5-11-19/h2-15,17,22H,16,18H2,1H3,(H,29,32)(H,30,34). The molecule has 1 aliphatic heterocycles. The molecular formula is C28H25N3O4. The zero-order valence-corrected chi connectivity index (χ0v) is 19.2. The number of fused-ring (bicyclic) bond motifs is 1. The number of hydrogen-bond acceptors (Lipinski definition) is 4. The van der Waals surface area contributed by atoms with E-state index in [1.54, 1.807) is 19.1 Å². The zero-order chi connectivity index (χ0) is 24.4. The Hall–Kier alpha value is -4.39. The first kappa shape index (κ1) is 22.4. The number of imide groups is 1. The van der Waals surface area contributed by atoms with Gasteiger partial charge < -0.3 is 15.1 Å². The molecule has 4 aromatic rings. The lowest BCUT2D eigenvalue weighted by molar-refractivity contribution is -0.135. The first-order chi connectivity index (χ1) is 16.9. The fourth-order valence-electron chi connectivity index (χ4n) is 4.41. The van der Waals surface area contributed by atoms with Crippen molar-refractivity contribution in [1.82, 2.24) is 15.5 Å². The number of amides is 4. The number of carbonyl (C=O) groups is 3. The van der Waals surface area contributed by atoms with E-state index in [-0.39, 0.29) is 6.04 Å². The Balaban J connectivity index is 1.33. The highest BCUT2D eigenvalue weighted by molar-refractivity contribution is 6.09. The molecule has 7 heteroatoms. The van der Waals surface area contributed by atoms with Crippen LogP contribution in [0.1, 0.15) is 29.9 Å². The Labute approximate surface area is 202 Å². The van der Waals surface area contributed by atoms with Crippen LogP contribution in [0.25, 0.3) is 11.0 Å². The predicted molar refractivity (Wildman–Crippen MR) is 131 cm³/mol. The van der Waals surface area contributed by atoms with Crippen LogP contribution in [0.2, 0.25) is 0 Å². The van der Waals surface area contributed by atoms with Gasteiger partial charge >= 0.3 is 6.03 Å². The van der Waals surface area contributed by atoms with Gasteiger partial charge in [0, 0.05) is 5.39 Å². The summed E-state index contributed by atoms with van der Waals surface area (Å²) in [6.45, 7) is 1.20. The lowest BCUT2D eigenvalue weighted by Crippen LogP contribution is -2.44. The number of para-hydroxylation sites is 1. The molecule has 1 aliphatic rings. The van der Waals surface area contributed by atoms with Crippen LogP contribution in [0.5, 0.6) is 0 Å². The first-order valence-corrected chi connectivity index (χ1v) is 11.5. The molecule has 0 radical (unpaired) electrons. The van der Waals surface area contributed by atoms with Crippen LogP contribution in [0.15, 0.2) is 95.4 Å². The summed E-state index contributed by atoms with van der Waals surface area (Å²) in [4.78, 5) is 40.0. The summed E-state index contributed by atoms with van der Waals surface area (Å²) >= 11 is 0. The molecule has 1 aromatic heterocycles. The van der Waals surface area contributed by atoms with Gasteiger partial charge in [-0.25, -0.2) is 4.79 Å². The second-order valence-electron chi connectivity index (χ2n) is 8.82. The van der Waals surface area contributed by atoms with Crippen LogP contribution in [0.4, 0.5) is 4.79 Å². The van der Waals surface area contributed by atoms with Crippen LogP contribution in [-0.2, 0) is 21.5 Å². The lowest BCUT2D eigenvalue weighted by Gasteiger charge is -2.22. The average molecular weight is 468 g/mol. The molecule has 2 heterocycles. The second-order valence-corrected chi connectivity index (χ2v) is 8.82. The fourth-order valence-corrected chi connectivity index (χ4v) is 4.41. The quantitative estimate of drug-likeness (QED) is 0.397. The van der Waals surface area contributed by atoms with Crippen molar-refractivity contribution < 1.29 is 18.8 Å². The molecule has 2 atom stereocenters. The molecule has 2 N–H and O–H groups in total. The van der Waals surface area contributed by atoms with Gasteiger partial charge in [-0.15, -0.1) is 0 Å². The summed E-state index contributed by atoms with van der Waals surface area (Å²) in [6, 6.07) is 27.6. The number of rotatable bonds is 7. The van der Waals surface area contributed by atoms with E-state index in [9.17, 15) is 14.4 Å². The normalized spacial score (nSPS) is 18.5. The highest BCUT2D eigenvalue weighted by atomic mass is 16.3. The lowest BCUT2D eigenvalue weighted by atomic mass is 9.98. The molecular weight excluding hydrogens is 442 g/mol. The number of nitrogens with one attached hydrogen (secondary N) is 2. The Morgan fingerprint density at radius 3 is 2.34 bits per heavy atom. The maximum atomic E-state index is 13.3. The third kappa shape index (κ3) is 4.40. The number of hydrogen-bond donors (Lipinski definition) is 2. The molecule has 35 heavy (non-hydrogen) atoms. The third-order valence-electron chi connectivity index (χ3n) is 6.31. The molecule has 2 unspecified atom stereocenters. The summed E-state index contributed by atoms with van der Waals surface area (Å²) in [7, 11) is 0. The van der Waals surface area contributed by atoms with Crippen molar-refractivity contribution >= 4 is 28.8 Å². The number of urea groups is 1. The molecule has 0 spiro atoms. The number of benzene rings is 3. The number of furan rings is 1. The van der Waals surface area contributed by atoms with Crippen molar-refractivity contribution in [1.29, 1.82) is 0 Å². The van der Waals surface area contributed by atoms with Gasteiger partial charge in [0.15, 0.2) is 5.54 Å². The maximum absolute atomic E-state index is 13.3. The second kappa shape index (κ2) is 9.10. The SMILES string of the molecule is CC1(c2cc3ccccc3o2)NC(=O)N(CC(=O)NC(Cc2ccccc2)c2ccccc2)C1=O. The van der Waals surface area contributed by atoms with Crippen molar-refractivity contribution in [3.05, 3.63) is 108 Å². The van der Waals surface area contributed by atoms with Gasteiger partial charge in [0.1, 0.15) is 17.9 Å².